The Labute approximate surface area is 200 Å². The van der Waals surface area contributed by atoms with Crippen LogP contribution in [0.15, 0.2) is 60.9 Å². The topological polar surface area (TPSA) is 44.2 Å². The molecule has 0 unspecified atom stereocenters. The molecule has 4 aromatic rings. The third-order valence-electron chi connectivity index (χ3n) is 5.71. The molecule has 0 bridgehead atoms. The quantitative estimate of drug-likeness (QED) is 0.189. The summed E-state index contributed by atoms with van der Waals surface area (Å²) in [5.41, 5.74) is 2.85. The lowest BCUT2D eigenvalue weighted by Crippen LogP contribution is -2.04. The van der Waals surface area contributed by atoms with Gasteiger partial charge >= 0.3 is 6.61 Å². The highest BCUT2D eigenvalue weighted by molar-refractivity contribution is 5.87. The van der Waals surface area contributed by atoms with Crippen molar-refractivity contribution in [1.29, 1.82) is 0 Å². The summed E-state index contributed by atoms with van der Waals surface area (Å²) in [6.45, 7) is -2.42. The molecule has 0 aliphatic heterocycles. The lowest BCUT2D eigenvalue weighted by Gasteiger charge is -2.10. The second kappa shape index (κ2) is 11.3. The minimum absolute atomic E-state index is 0.325. The van der Waals surface area contributed by atoms with Crippen molar-refractivity contribution in [2.45, 2.75) is 32.3 Å². The van der Waals surface area contributed by atoms with Gasteiger partial charge in [-0.3, -0.25) is 0 Å². The molecule has 0 radical (unpaired) electrons. The van der Waals surface area contributed by atoms with Crippen molar-refractivity contribution < 1.29 is 27.0 Å². The molecule has 1 aromatic heterocycles. The van der Waals surface area contributed by atoms with E-state index in [0.29, 0.717) is 41.8 Å². The van der Waals surface area contributed by atoms with E-state index in [1.165, 1.54) is 6.07 Å². The van der Waals surface area contributed by atoms with Crippen LogP contribution in [0, 0.1) is 11.6 Å². The lowest BCUT2D eigenvalue weighted by molar-refractivity contribution is -0.0522. The maximum Gasteiger partial charge on any atom is 0.387 e. The standard InChI is InChI=1S/C27H24F4N2O2/c1-34-12-2-3-18-15-32-26(33-16-18)21-9-10-22-20(14-21)8-7-19(25(22)29)6-4-17-5-11-24(23(28)13-17)35-27(30)31/h5,7-11,13-16,27H,2-4,6,12H2,1H3. The molecule has 4 rings (SSSR count). The van der Waals surface area contributed by atoms with Crippen molar-refractivity contribution >= 4 is 10.8 Å². The highest BCUT2D eigenvalue weighted by atomic mass is 19.3. The largest absolute Gasteiger partial charge is 0.432 e. The van der Waals surface area contributed by atoms with Crippen LogP contribution in [0.4, 0.5) is 17.6 Å². The molecule has 0 fully saturated rings. The Kier molecular flexibility index (Phi) is 7.92. The maximum absolute atomic E-state index is 15.2. The predicted octanol–water partition coefficient (Wildman–Crippen LogP) is 6.54. The highest BCUT2D eigenvalue weighted by Gasteiger charge is 2.13. The summed E-state index contributed by atoms with van der Waals surface area (Å²) in [4.78, 5) is 8.88. The number of aryl methyl sites for hydroxylation is 3. The van der Waals surface area contributed by atoms with Crippen LogP contribution in [-0.2, 0) is 24.0 Å². The highest BCUT2D eigenvalue weighted by Crippen LogP contribution is 2.27. The van der Waals surface area contributed by atoms with E-state index in [2.05, 4.69) is 14.7 Å². The number of halogens is 4. The first-order valence-electron chi connectivity index (χ1n) is 11.2. The minimum atomic E-state index is -3.10. The molecule has 0 aliphatic rings. The molecule has 0 saturated heterocycles. The summed E-state index contributed by atoms with van der Waals surface area (Å²) < 4.78 is 62.9. The molecule has 8 heteroatoms. The minimum Gasteiger partial charge on any atom is -0.432 e. The maximum atomic E-state index is 15.2. The molecule has 1 heterocycles. The van der Waals surface area contributed by atoms with E-state index >= 15 is 4.39 Å². The zero-order valence-corrected chi connectivity index (χ0v) is 19.1. The molecule has 0 N–H and O–H groups in total. The van der Waals surface area contributed by atoms with Crippen molar-refractivity contribution in [2.75, 3.05) is 13.7 Å². The Morgan fingerprint density at radius 2 is 1.66 bits per heavy atom. The van der Waals surface area contributed by atoms with Gasteiger partial charge in [-0.05, 0) is 66.0 Å². The molecule has 0 saturated carbocycles. The second-order valence-electron chi connectivity index (χ2n) is 8.13. The Morgan fingerprint density at radius 3 is 2.37 bits per heavy atom. The summed E-state index contributed by atoms with van der Waals surface area (Å²) in [7, 11) is 1.67. The van der Waals surface area contributed by atoms with Crippen LogP contribution in [0.1, 0.15) is 23.1 Å². The van der Waals surface area contributed by atoms with Gasteiger partial charge < -0.3 is 9.47 Å². The summed E-state index contributed by atoms with van der Waals surface area (Å²) in [6, 6.07) is 12.6. The number of benzene rings is 3. The Bertz CT molecular complexity index is 1300. The van der Waals surface area contributed by atoms with E-state index in [-0.39, 0.29) is 5.82 Å². The Morgan fingerprint density at radius 1 is 0.857 bits per heavy atom. The molecule has 35 heavy (non-hydrogen) atoms. The van der Waals surface area contributed by atoms with Gasteiger partial charge in [0.1, 0.15) is 5.82 Å². The van der Waals surface area contributed by atoms with Crippen molar-refractivity contribution in [3.8, 4) is 17.1 Å². The third kappa shape index (κ3) is 6.14. The predicted molar refractivity (Wildman–Crippen MR) is 126 cm³/mol. The van der Waals surface area contributed by atoms with Crippen molar-refractivity contribution in [3.05, 3.63) is 89.2 Å². The first-order valence-corrected chi connectivity index (χ1v) is 11.2. The van der Waals surface area contributed by atoms with Gasteiger partial charge in [-0.15, -0.1) is 0 Å². The normalized spacial score (nSPS) is 11.4. The number of aromatic nitrogens is 2. The number of rotatable bonds is 10. The molecule has 182 valence electrons. The Balaban J connectivity index is 1.47. The second-order valence-corrected chi connectivity index (χ2v) is 8.13. The summed E-state index contributed by atoms with van der Waals surface area (Å²) in [6.07, 6.45) is 5.98. The zero-order chi connectivity index (χ0) is 24.8. The van der Waals surface area contributed by atoms with Crippen LogP contribution in [-0.4, -0.2) is 30.3 Å². The van der Waals surface area contributed by atoms with Gasteiger partial charge in [0.05, 0.1) is 0 Å². The van der Waals surface area contributed by atoms with E-state index < -0.39 is 18.2 Å². The van der Waals surface area contributed by atoms with Gasteiger partial charge in [-0.2, -0.15) is 8.78 Å². The number of fused-ring (bicyclic) bond motifs is 1. The number of hydrogen-bond acceptors (Lipinski definition) is 4. The first kappa shape index (κ1) is 24.6. The summed E-state index contributed by atoms with van der Waals surface area (Å²) in [5.74, 6) is -1.17. The van der Waals surface area contributed by atoms with Crippen LogP contribution in [0.3, 0.4) is 0 Å². The number of alkyl halides is 2. The smallest absolute Gasteiger partial charge is 0.387 e. The van der Waals surface area contributed by atoms with Crippen LogP contribution in [0.2, 0.25) is 0 Å². The summed E-state index contributed by atoms with van der Waals surface area (Å²) in [5, 5.41) is 1.19. The lowest BCUT2D eigenvalue weighted by atomic mass is 9.99. The fraction of sp³-hybridized carbons (Fsp3) is 0.259. The van der Waals surface area contributed by atoms with Gasteiger partial charge in [0.25, 0.3) is 0 Å². The molecule has 0 amide bonds. The van der Waals surface area contributed by atoms with Crippen molar-refractivity contribution in [1.82, 2.24) is 9.97 Å². The molecule has 0 atom stereocenters. The third-order valence-corrected chi connectivity index (χ3v) is 5.71. The Hall–Kier alpha value is -3.52. The van der Waals surface area contributed by atoms with E-state index in [1.807, 2.05) is 12.1 Å². The number of ether oxygens (including phenoxy) is 2. The fourth-order valence-electron chi connectivity index (χ4n) is 3.89. The average molecular weight is 484 g/mol. The molecule has 4 nitrogen and oxygen atoms in total. The molecule has 0 aliphatic carbocycles. The van der Waals surface area contributed by atoms with E-state index in [4.69, 9.17) is 4.74 Å². The van der Waals surface area contributed by atoms with Crippen LogP contribution < -0.4 is 4.74 Å². The average Bonchev–Trinajstić information content (AvgIpc) is 2.85. The van der Waals surface area contributed by atoms with Gasteiger partial charge in [0, 0.05) is 37.1 Å². The molecule has 3 aromatic carbocycles. The van der Waals surface area contributed by atoms with E-state index in [0.717, 1.165) is 41.5 Å². The first-order chi connectivity index (χ1) is 16.9. The van der Waals surface area contributed by atoms with E-state index in [9.17, 15) is 13.2 Å². The van der Waals surface area contributed by atoms with Crippen LogP contribution >= 0.6 is 0 Å². The van der Waals surface area contributed by atoms with Crippen molar-refractivity contribution in [2.24, 2.45) is 0 Å². The molecular weight excluding hydrogens is 460 g/mol. The van der Waals surface area contributed by atoms with Gasteiger partial charge in [0.2, 0.25) is 0 Å². The van der Waals surface area contributed by atoms with Gasteiger partial charge in [0.15, 0.2) is 17.4 Å². The number of hydrogen-bond donors (Lipinski definition) is 0. The number of methoxy groups -OCH3 is 1. The summed E-state index contributed by atoms with van der Waals surface area (Å²) >= 11 is 0. The van der Waals surface area contributed by atoms with E-state index in [1.54, 1.807) is 37.7 Å². The molecule has 0 spiro atoms. The zero-order valence-electron chi connectivity index (χ0n) is 19.1. The van der Waals surface area contributed by atoms with Gasteiger partial charge in [-0.25, -0.2) is 18.7 Å². The van der Waals surface area contributed by atoms with Crippen molar-refractivity contribution in [3.63, 3.8) is 0 Å². The van der Waals surface area contributed by atoms with Crippen LogP contribution in [0.25, 0.3) is 22.2 Å². The monoisotopic (exact) mass is 484 g/mol. The van der Waals surface area contributed by atoms with Gasteiger partial charge in [-0.1, -0.05) is 30.3 Å². The molecular formula is C27H24F4N2O2. The fourth-order valence-corrected chi connectivity index (χ4v) is 3.89. The SMILES string of the molecule is COCCCc1cnc(-c2ccc3c(F)c(CCc4ccc(OC(F)F)c(F)c4)ccc3c2)nc1. The number of nitrogens with zero attached hydrogens (tertiary/aromatic N) is 2. The van der Waals surface area contributed by atoms with Crippen LogP contribution in [0.5, 0.6) is 5.75 Å².